The molecule has 0 saturated carbocycles. The Labute approximate surface area is 149 Å². The minimum atomic E-state index is -0.328. The standard InChI is InChI=1S/C19H28FN3O2/c1-2-25-16-8-12-23(13-9-16)19(24)21-17-14-15(20)6-7-18(17)22-10-4-3-5-11-22/h6-7,14,16H,2-5,8-13H2,1H3,(H,21,24). The molecule has 5 nitrogen and oxygen atoms in total. The molecule has 0 aliphatic carbocycles. The van der Waals surface area contributed by atoms with E-state index in [0.717, 1.165) is 44.5 Å². The van der Waals surface area contributed by atoms with E-state index in [-0.39, 0.29) is 18.0 Å². The van der Waals surface area contributed by atoms with Crippen molar-refractivity contribution in [2.45, 2.75) is 45.1 Å². The molecule has 1 N–H and O–H groups in total. The van der Waals surface area contributed by atoms with E-state index in [9.17, 15) is 9.18 Å². The van der Waals surface area contributed by atoms with Gasteiger partial charge in [0.2, 0.25) is 0 Å². The molecule has 0 atom stereocenters. The summed E-state index contributed by atoms with van der Waals surface area (Å²) in [6, 6.07) is 4.51. The number of hydrogen-bond acceptors (Lipinski definition) is 3. The molecule has 6 heteroatoms. The molecule has 2 saturated heterocycles. The van der Waals surface area contributed by atoms with E-state index in [1.807, 2.05) is 6.92 Å². The molecule has 0 aromatic heterocycles. The van der Waals surface area contributed by atoms with Gasteiger partial charge in [-0.3, -0.25) is 0 Å². The molecule has 2 aliphatic heterocycles. The average molecular weight is 349 g/mol. The van der Waals surface area contributed by atoms with Crippen LogP contribution in [0.25, 0.3) is 0 Å². The summed E-state index contributed by atoms with van der Waals surface area (Å²) in [4.78, 5) is 16.6. The minimum Gasteiger partial charge on any atom is -0.378 e. The van der Waals surface area contributed by atoms with E-state index in [1.54, 1.807) is 11.0 Å². The Morgan fingerprint density at radius 1 is 1.20 bits per heavy atom. The van der Waals surface area contributed by atoms with Gasteiger partial charge in [0.1, 0.15) is 5.82 Å². The van der Waals surface area contributed by atoms with Gasteiger partial charge >= 0.3 is 6.03 Å². The molecular formula is C19H28FN3O2. The SMILES string of the molecule is CCOC1CCN(C(=O)Nc2cc(F)ccc2N2CCCCC2)CC1. The molecule has 0 unspecified atom stereocenters. The number of rotatable bonds is 4. The van der Waals surface area contributed by atoms with Crippen LogP contribution in [-0.2, 0) is 4.74 Å². The van der Waals surface area contributed by atoms with Crippen LogP contribution in [-0.4, -0.2) is 49.8 Å². The topological polar surface area (TPSA) is 44.8 Å². The average Bonchev–Trinajstić information content (AvgIpc) is 2.63. The summed E-state index contributed by atoms with van der Waals surface area (Å²) in [5.41, 5.74) is 1.48. The number of benzene rings is 1. The lowest BCUT2D eigenvalue weighted by molar-refractivity contribution is 0.0232. The van der Waals surface area contributed by atoms with Crippen molar-refractivity contribution in [2.24, 2.45) is 0 Å². The fourth-order valence-corrected chi connectivity index (χ4v) is 3.67. The maximum Gasteiger partial charge on any atom is 0.321 e. The van der Waals surface area contributed by atoms with Gasteiger partial charge in [-0.15, -0.1) is 0 Å². The van der Waals surface area contributed by atoms with E-state index >= 15 is 0 Å². The molecule has 0 radical (unpaired) electrons. The number of ether oxygens (including phenoxy) is 1. The number of urea groups is 1. The second-order valence-electron chi connectivity index (χ2n) is 6.78. The van der Waals surface area contributed by atoms with Gasteiger partial charge in [0.25, 0.3) is 0 Å². The predicted molar refractivity (Wildman–Crippen MR) is 97.7 cm³/mol. The summed E-state index contributed by atoms with van der Waals surface area (Å²) in [7, 11) is 0. The van der Waals surface area contributed by atoms with Crippen LogP contribution in [0.4, 0.5) is 20.6 Å². The molecular weight excluding hydrogens is 321 g/mol. The third-order valence-corrected chi connectivity index (χ3v) is 5.03. The van der Waals surface area contributed by atoms with Crippen molar-refractivity contribution in [3.8, 4) is 0 Å². The van der Waals surface area contributed by atoms with E-state index in [1.165, 1.54) is 18.6 Å². The highest BCUT2D eigenvalue weighted by atomic mass is 19.1. The van der Waals surface area contributed by atoms with E-state index in [0.29, 0.717) is 25.4 Å². The van der Waals surface area contributed by atoms with Gasteiger partial charge in [0.05, 0.1) is 17.5 Å². The highest BCUT2D eigenvalue weighted by molar-refractivity contribution is 5.93. The quantitative estimate of drug-likeness (QED) is 0.898. The van der Waals surface area contributed by atoms with Gasteiger partial charge in [-0.2, -0.15) is 0 Å². The van der Waals surface area contributed by atoms with Gasteiger partial charge in [-0.1, -0.05) is 0 Å². The van der Waals surface area contributed by atoms with Gasteiger partial charge in [-0.25, -0.2) is 9.18 Å². The molecule has 3 rings (SSSR count). The number of carbonyl (C=O) groups excluding carboxylic acids is 1. The first-order valence-electron chi connectivity index (χ1n) is 9.39. The van der Waals surface area contributed by atoms with Gasteiger partial charge in [0, 0.05) is 32.8 Å². The van der Waals surface area contributed by atoms with Crippen LogP contribution < -0.4 is 10.2 Å². The van der Waals surface area contributed by atoms with Crippen LogP contribution in [0.1, 0.15) is 39.0 Å². The van der Waals surface area contributed by atoms with Crippen molar-refractivity contribution in [2.75, 3.05) is 43.0 Å². The number of piperidine rings is 2. The Hall–Kier alpha value is -1.82. The van der Waals surface area contributed by atoms with Gasteiger partial charge in [0.15, 0.2) is 0 Å². The largest absolute Gasteiger partial charge is 0.378 e. The molecule has 2 heterocycles. The minimum absolute atomic E-state index is 0.154. The van der Waals surface area contributed by atoms with Gasteiger partial charge in [-0.05, 0) is 57.2 Å². The Morgan fingerprint density at radius 3 is 2.60 bits per heavy atom. The normalized spacial score (nSPS) is 19.1. The fourth-order valence-electron chi connectivity index (χ4n) is 3.67. The molecule has 0 bridgehead atoms. The number of carbonyl (C=O) groups is 1. The molecule has 2 amide bonds. The number of halogens is 1. The predicted octanol–water partition coefficient (Wildman–Crippen LogP) is 3.85. The van der Waals surface area contributed by atoms with E-state index < -0.39 is 0 Å². The molecule has 25 heavy (non-hydrogen) atoms. The molecule has 1 aromatic rings. The van der Waals surface area contributed by atoms with Crippen LogP contribution >= 0.6 is 0 Å². The molecule has 138 valence electrons. The lowest BCUT2D eigenvalue weighted by atomic mass is 10.1. The van der Waals surface area contributed by atoms with Crippen molar-refractivity contribution in [3.05, 3.63) is 24.0 Å². The first kappa shape index (κ1) is 18.0. The monoisotopic (exact) mass is 349 g/mol. The lowest BCUT2D eigenvalue weighted by Crippen LogP contribution is -2.43. The van der Waals surface area contributed by atoms with E-state index in [2.05, 4.69) is 10.2 Å². The number of likely N-dealkylation sites (tertiary alicyclic amines) is 1. The zero-order valence-corrected chi connectivity index (χ0v) is 15.0. The first-order chi connectivity index (χ1) is 12.2. The number of anilines is 2. The third-order valence-electron chi connectivity index (χ3n) is 5.03. The highest BCUT2D eigenvalue weighted by Gasteiger charge is 2.24. The summed E-state index contributed by atoms with van der Waals surface area (Å²) >= 11 is 0. The smallest absolute Gasteiger partial charge is 0.321 e. The molecule has 2 fully saturated rings. The maximum atomic E-state index is 13.7. The lowest BCUT2D eigenvalue weighted by Gasteiger charge is -2.33. The molecule has 0 spiro atoms. The van der Waals surface area contributed by atoms with Crippen molar-refractivity contribution >= 4 is 17.4 Å². The number of nitrogens with zero attached hydrogens (tertiary/aromatic N) is 2. The van der Waals surface area contributed by atoms with Gasteiger partial charge < -0.3 is 19.9 Å². The van der Waals surface area contributed by atoms with Crippen LogP contribution in [0.5, 0.6) is 0 Å². The second kappa shape index (κ2) is 8.52. The van der Waals surface area contributed by atoms with Crippen LogP contribution in [0.15, 0.2) is 18.2 Å². The van der Waals surface area contributed by atoms with Crippen LogP contribution in [0, 0.1) is 5.82 Å². The Balaban J connectivity index is 1.65. The van der Waals surface area contributed by atoms with Crippen molar-refractivity contribution < 1.29 is 13.9 Å². The summed E-state index contributed by atoms with van der Waals surface area (Å²) in [6.07, 6.45) is 5.44. The highest BCUT2D eigenvalue weighted by Crippen LogP contribution is 2.30. The second-order valence-corrected chi connectivity index (χ2v) is 6.78. The van der Waals surface area contributed by atoms with Crippen LogP contribution in [0.3, 0.4) is 0 Å². The third kappa shape index (κ3) is 4.63. The van der Waals surface area contributed by atoms with Crippen molar-refractivity contribution in [1.82, 2.24) is 4.90 Å². The van der Waals surface area contributed by atoms with Crippen LogP contribution in [0.2, 0.25) is 0 Å². The number of hydrogen-bond donors (Lipinski definition) is 1. The molecule has 1 aromatic carbocycles. The summed E-state index contributed by atoms with van der Waals surface area (Å²) in [5, 5.41) is 2.93. The summed E-state index contributed by atoms with van der Waals surface area (Å²) in [6.45, 7) is 5.95. The summed E-state index contributed by atoms with van der Waals surface area (Å²) < 4.78 is 19.4. The zero-order valence-electron chi connectivity index (χ0n) is 15.0. The van der Waals surface area contributed by atoms with Crippen molar-refractivity contribution in [1.29, 1.82) is 0 Å². The number of nitrogens with one attached hydrogen (secondary N) is 1. The maximum absolute atomic E-state index is 13.7. The van der Waals surface area contributed by atoms with E-state index in [4.69, 9.17) is 4.74 Å². The Kier molecular flexibility index (Phi) is 6.13. The van der Waals surface area contributed by atoms with Crippen molar-refractivity contribution in [3.63, 3.8) is 0 Å². The fraction of sp³-hybridized carbons (Fsp3) is 0.632. The number of amides is 2. The first-order valence-corrected chi connectivity index (χ1v) is 9.39. The Morgan fingerprint density at radius 2 is 1.92 bits per heavy atom. The zero-order chi connectivity index (χ0) is 17.6. The summed E-state index contributed by atoms with van der Waals surface area (Å²) in [5.74, 6) is -0.328. The Bertz CT molecular complexity index is 582. The molecule has 2 aliphatic rings.